The average molecular weight is 554 g/mol. The first kappa shape index (κ1) is 29.6. The van der Waals surface area contributed by atoms with Crippen LogP contribution in [0.2, 0.25) is 0 Å². The van der Waals surface area contributed by atoms with Crippen molar-refractivity contribution in [2.75, 3.05) is 0 Å². The number of amides is 3. The van der Waals surface area contributed by atoms with Crippen LogP contribution in [0.4, 0.5) is 0 Å². The van der Waals surface area contributed by atoms with E-state index in [-0.39, 0.29) is 18.6 Å². The number of H-pyrrole nitrogens is 1. The summed E-state index contributed by atoms with van der Waals surface area (Å²) in [5.74, 6) is -5.24. The van der Waals surface area contributed by atoms with Crippen molar-refractivity contribution in [3.8, 4) is 5.75 Å². The normalized spacial score (nSPS) is 13.9. The Morgan fingerprint density at radius 3 is 2.15 bits per heavy atom. The molecule has 0 saturated carbocycles. The number of carbonyl (C=O) groups excluding carboxylic acids is 3. The summed E-state index contributed by atoms with van der Waals surface area (Å²) in [4.78, 5) is 64.4. The quantitative estimate of drug-likeness (QED) is 0.143. The Hall–Kier alpha value is -4.91. The fourth-order valence-corrected chi connectivity index (χ4v) is 4.04. The molecule has 0 radical (unpaired) electrons. The van der Waals surface area contributed by atoms with Crippen molar-refractivity contribution in [1.29, 1.82) is 0 Å². The summed E-state index contributed by atoms with van der Waals surface area (Å²) in [5, 5.41) is 36.1. The monoisotopic (exact) mass is 553 g/mol. The van der Waals surface area contributed by atoms with E-state index in [1.165, 1.54) is 19.1 Å². The van der Waals surface area contributed by atoms with Gasteiger partial charge < -0.3 is 42.0 Å². The number of aromatic nitrogens is 1. The topological polar surface area (TPSA) is 224 Å². The van der Waals surface area contributed by atoms with Gasteiger partial charge in [0.25, 0.3) is 0 Å². The number of carboxylic acids is 2. The van der Waals surface area contributed by atoms with Gasteiger partial charge >= 0.3 is 11.9 Å². The molecule has 0 saturated heterocycles. The number of carbonyl (C=O) groups is 5. The van der Waals surface area contributed by atoms with Crippen LogP contribution >= 0.6 is 0 Å². The lowest BCUT2D eigenvalue weighted by Crippen LogP contribution is -2.57. The minimum absolute atomic E-state index is 0.0552. The lowest BCUT2D eigenvalue weighted by Gasteiger charge is -2.23. The molecule has 13 nitrogen and oxygen atoms in total. The Bertz CT molecular complexity index is 1390. The van der Waals surface area contributed by atoms with E-state index in [9.17, 15) is 39.3 Å². The smallest absolute Gasteiger partial charge is 0.326 e. The Labute approximate surface area is 228 Å². The number of aromatic hydroxyl groups is 1. The minimum atomic E-state index is -1.61. The summed E-state index contributed by atoms with van der Waals surface area (Å²) in [7, 11) is 0. The highest BCUT2D eigenvalue weighted by Crippen LogP contribution is 2.19. The predicted molar refractivity (Wildman–Crippen MR) is 143 cm³/mol. The number of carboxylic acid groups (broad SMARTS) is 2. The molecular formula is C27H31N5O8. The number of fused-ring (bicyclic) bond motifs is 1. The highest BCUT2D eigenvalue weighted by atomic mass is 16.4. The average Bonchev–Trinajstić information content (AvgIpc) is 3.31. The highest BCUT2D eigenvalue weighted by Gasteiger charge is 2.30. The Morgan fingerprint density at radius 1 is 0.850 bits per heavy atom. The molecule has 0 spiro atoms. The molecule has 3 amide bonds. The van der Waals surface area contributed by atoms with E-state index in [0.29, 0.717) is 11.1 Å². The number of nitrogens with two attached hydrogens (primary N) is 1. The third-order valence-corrected chi connectivity index (χ3v) is 6.21. The summed E-state index contributed by atoms with van der Waals surface area (Å²) in [6.45, 7) is 1.33. The second kappa shape index (κ2) is 13.2. The van der Waals surface area contributed by atoms with Crippen LogP contribution in [0.1, 0.15) is 24.5 Å². The molecule has 0 aliphatic heterocycles. The molecule has 3 aromatic rings. The largest absolute Gasteiger partial charge is 0.508 e. The van der Waals surface area contributed by atoms with Crippen LogP contribution in [-0.2, 0) is 36.8 Å². The van der Waals surface area contributed by atoms with Crippen molar-refractivity contribution >= 4 is 40.6 Å². The lowest BCUT2D eigenvalue weighted by atomic mass is 10.0. The molecule has 13 heteroatoms. The summed E-state index contributed by atoms with van der Waals surface area (Å²) < 4.78 is 0. The zero-order valence-corrected chi connectivity index (χ0v) is 21.6. The second-order valence-electron chi connectivity index (χ2n) is 9.33. The number of aromatic amines is 1. The molecule has 1 aromatic heterocycles. The van der Waals surface area contributed by atoms with Gasteiger partial charge in [0.15, 0.2) is 0 Å². The summed E-state index contributed by atoms with van der Waals surface area (Å²) >= 11 is 0. The number of aliphatic carboxylic acids is 2. The second-order valence-corrected chi connectivity index (χ2v) is 9.33. The molecule has 2 aromatic carbocycles. The molecule has 3 rings (SSSR count). The summed E-state index contributed by atoms with van der Waals surface area (Å²) in [5.41, 5.74) is 8.00. The van der Waals surface area contributed by atoms with Gasteiger partial charge in [-0.05, 0) is 42.7 Å². The lowest BCUT2D eigenvalue weighted by molar-refractivity contribution is -0.143. The zero-order valence-electron chi connectivity index (χ0n) is 21.6. The molecule has 4 unspecified atom stereocenters. The van der Waals surface area contributed by atoms with Crippen LogP contribution in [0.5, 0.6) is 5.75 Å². The van der Waals surface area contributed by atoms with Crippen LogP contribution in [0.25, 0.3) is 10.9 Å². The highest BCUT2D eigenvalue weighted by molar-refractivity contribution is 5.95. The van der Waals surface area contributed by atoms with Gasteiger partial charge in [-0.15, -0.1) is 0 Å². The van der Waals surface area contributed by atoms with Gasteiger partial charge in [-0.25, -0.2) is 4.79 Å². The number of rotatable bonds is 13. The number of hydrogen-bond acceptors (Lipinski definition) is 7. The number of nitrogens with one attached hydrogen (secondary N) is 4. The van der Waals surface area contributed by atoms with Gasteiger partial charge in [0.1, 0.15) is 23.9 Å². The Kier molecular flexibility index (Phi) is 9.81. The third-order valence-electron chi connectivity index (χ3n) is 6.21. The van der Waals surface area contributed by atoms with Gasteiger partial charge in [0.05, 0.1) is 12.5 Å². The fourth-order valence-electron chi connectivity index (χ4n) is 4.04. The van der Waals surface area contributed by atoms with E-state index in [1.807, 2.05) is 12.1 Å². The van der Waals surface area contributed by atoms with Crippen LogP contribution < -0.4 is 21.7 Å². The van der Waals surface area contributed by atoms with E-state index in [2.05, 4.69) is 20.9 Å². The SMILES string of the molecule is CC(NC(=O)C(N)Cc1ccc(O)cc1)C(=O)NC(CC(=O)O)C(=O)NC(Cc1c[nH]c2ccccc12)C(=O)O. The maximum atomic E-state index is 12.9. The van der Waals surface area contributed by atoms with Crippen molar-refractivity contribution in [2.45, 2.75) is 50.4 Å². The van der Waals surface area contributed by atoms with Crippen molar-refractivity contribution < 1.29 is 39.3 Å². The first-order valence-corrected chi connectivity index (χ1v) is 12.4. The fraction of sp³-hybridized carbons (Fsp3) is 0.296. The maximum absolute atomic E-state index is 12.9. The van der Waals surface area contributed by atoms with Crippen LogP contribution in [0.15, 0.2) is 54.7 Å². The van der Waals surface area contributed by atoms with Crippen LogP contribution in [0.3, 0.4) is 0 Å². The third kappa shape index (κ3) is 8.04. The van der Waals surface area contributed by atoms with Crippen molar-refractivity contribution in [3.05, 3.63) is 65.9 Å². The molecule has 0 bridgehead atoms. The molecule has 0 aliphatic carbocycles. The molecule has 4 atom stereocenters. The first-order chi connectivity index (χ1) is 18.9. The number of phenolic OH excluding ortho intramolecular Hbond substituents is 1. The number of para-hydroxylation sites is 1. The zero-order chi connectivity index (χ0) is 29.4. The van der Waals surface area contributed by atoms with Crippen molar-refractivity contribution in [3.63, 3.8) is 0 Å². The predicted octanol–water partition coefficient (Wildman–Crippen LogP) is 0.0196. The molecule has 40 heavy (non-hydrogen) atoms. The van der Waals surface area contributed by atoms with E-state index in [0.717, 1.165) is 10.9 Å². The van der Waals surface area contributed by atoms with Gasteiger partial charge in [-0.3, -0.25) is 19.2 Å². The van der Waals surface area contributed by atoms with E-state index < -0.39 is 60.2 Å². The summed E-state index contributed by atoms with van der Waals surface area (Å²) in [6, 6.07) is 8.04. The summed E-state index contributed by atoms with van der Waals surface area (Å²) in [6.07, 6.45) is 0.833. The Morgan fingerprint density at radius 2 is 1.50 bits per heavy atom. The van der Waals surface area contributed by atoms with E-state index >= 15 is 0 Å². The molecule has 0 aliphatic rings. The molecule has 1 heterocycles. The van der Waals surface area contributed by atoms with E-state index in [1.54, 1.807) is 30.5 Å². The Balaban J connectivity index is 1.62. The van der Waals surface area contributed by atoms with Crippen LogP contribution in [0, 0.1) is 0 Å². The standard InChI is InChI=1S/C27H31N5O8/c1-14(30-25(37)19(28)10-15-6-8-17(33)9-7-15)24(36)31-21(12-23(34)35)26(38)32-22(27(39)40)11-16-13-29-20-5-3-2-4-18(16)20/h2-9,13-14,19,21-22,29,33H,10-12,28H2,1H3,(H,30,37)(H,31,36)(H,32,38)(H,34,35)(H,39,40). The van der Waals surface area contributed by atoms with E-state index in [4.69, 9.17) is 5.73 Å². The van der Waals surface area contributed by atoms with Gasteiger partial charge in [0.2, 0.25) is 17.7 Å². The number of hydrogen-bond donors (Lipinski definition) is 8. The number of phenols is 1. The molecule has 212 valence electrons. The molecular weight excluding hydrogens is 522 g/mol. The molecule has 0 fully saturated rings. The van der Waals surface area contributed by atoms with Crippen molar-refractivity contribution in [2.24, 2.45) is 5.73 Å². The first-order valence-electron chi connectivity index (χ1n) is 12.4. The van der Waals surface area contributed by atoms with Gasteiger partial charge in [-0.1, -0.05) is 30.3 Å². The van der Waals surface area contributed by atoms with Crippen molar-refractivity contribution in [1.82, 2.24) is 20.9 Å². The van der Waals surface area contributed by atoms with Crippen LogP contribution in [-0.4, -0.2) is 74.1 Å². The molecule has 9 N–H and O–H groups in total. The minimum Gasteiger partial charge on any atom is -0.508 e. The number of benzene rings is 2. The maximum Gasteiger partial charge on any atom is 0.326 e. The van der Waals surface area contributed by atoms with Gasteiger partial charge in [0, 0.05) is 23.5 Å². The van der Waals surface area contributed by atoms with Gasteiger partial charge in [-0.2, -0.15) is 0 Å².